The van der Waals surface area contributed by atoms with Gasteiger partial charge in [-0.2, -0.15) is 4.98 Å². The second kappa shape index (κ2) is 10.3. The van der Waals surface area contributed by atoms with Crippen LogP contribution in [0.4, 0.5) is 4.39 Å². The Balaban J connectivity index is 1.67. The van der Waals surface area contributed by atoms with Gasteiger partial charge in [-0.25, -0.2) is 4.39 Å². The first-order chi connectivity index (χ1) is 12.5. The van der Waals surface area contributed by atoms with Crippen molar-refractivity contribution in [2.24, 2.45) is 4.99 Å². The van der Waals surface area contributed by atoms with Gasteiger partial charge < -0.3 is 15.2 Å². The minimum absolute atomic E-state index is 0.179. The number of rotatable bonds is 8. The number of hydrogen-bond acceptors (Lipinski definition) is 4. The van der Waals surface area contributed by atoms with E-state index >= 15 is 0 Å². The Morgan fingerprint density at radius 2 is 2.04 bits per heavy atom. The zero-order chi connectivity index (χ0) is 18.9. The molecule has 0 atom stereocenters. The monoisotopic (exact) mass is 425 g/mol. The average Bonchev–Trinajstić information content (AvgIpc) is 3.07. The van der Waals surface area contributed by atoms with Gasteiger partial charge in [0.1, 0.15) is 5.82 Å². The molecule has 0 unspecified atom stereocenters. The van der Waals surface area contributed by atoms with E-state index in [1.807, 2.05) is 26.0 Å². The Hall–Kier alpha value is -1.96. The molecule has 0 aliphatic heterocycles. The number of benzene rings is 1. The highest BCUT2D eigenvalue weighted by Crippen LogP contribution is 2.16. The first kappa shape index (κ1) is 20.4. The second-order valence-electron chi connectivity index (χ2n) is 6.22. The summed E-state index contributed by atoms with van der Waals surface area (Å²) in [5, 5.41) is 10.4. The van der Waals surface area contributed by atoms with Gasteiger partial charge in [0.05, 0.1) is 0 Å². The number of hydrogen-bond donors (Lipinski definition) is 2. The van der Waals surface area contributed by atoms with Crippen molar-refractivity contribution in [3.63, 3.8) is 0 Å². The van der Waals surface area contributed by atoms with Crippen molar-refractivity contribution in [3.8, 4) is 0 Å². The topological polar surface area (TPSA) is 75.3 Å². The summed E-state index contributed by atoms with van der Waals surface area (Å²) < 4.78 is 19.7. The number of aryl methyl sites for hydroxylation is 1. The van der Waals surface area contributed by atoms with Crippen molar-refractivity contribution in [1.29, 1.82) is 0 Å². The van der Waals surface area contributed by atoms with E-state index in [1.165, 1.54) is 6.07 Å². The van der Waals surface area contributed by atoms with Crippen LogP contribution in [0.3, 0.4) is 0 Å². The van der Waals surface area contributed by atoms with E-state index < -0.39 is 0 Å². The highest BCUT2D eigenvalue weighted by Gasteiger charge is 2.09. The lowest BCUT2D eigenvalue weighted by atomic mass is 10.1. The first-order valence-corrected chi connectivity index (χ1v) is 9.49. The molecule has 0 bridgehead atoms. The molecule has 0 saturated carbocycles. The zero-order valence-electron chi connectivity index (χ0n) is 15.4. The van der Waals surface area contributed by atoms with E-state index in [0.717, 1.165) is 22.3 Å². The molecule has 0 spiro atoms. The van der Waals surface area contributed by atoms with Crippen molar-refractivity contribution < 1.29 is 8.91 Å². The van der Waals surface area contributed by atoms with Gasteiger partial charge in [-0.05, 0) is 30.5 Å². The van der Waals surface area contributed by atoms with Crippen LogP contribution in [-0.4, -0.2) is 36.2 Å². The van der Waals surface area contributed by atoms with Crippen molar-refractivity contribution in [3.05, 3.63) is 45.8 Å². The second-order valence-corrected chi connectivity index (χ2v) is 7.13. The van der Waals surface area contributed by atoms with Gasteiger partial charge in [0.2, 0.25) is 5.89 Å². The Morgan fingerprint density at radius 3 is 2.69 bits per heavy atom. The van der Waals surface area contributed by atoms with E-state index in [0.29, 0.717) is 37.8 Å². The molecule has 1 aromatic carbocycles. The third kappa shape index (κ3) is 6.40. The van der Waals surface area contributed by atoms with Crippen LogP contribution < -0.4 is 10.6 Å². The summed E-state index contributed by atoms with van der Waals surface area (Å²) in [4.78, 5) is 8.51. The molecule has 2 aromatic rings. The molecule has 0 fully saturated rings. The van der Waals surface area contributed by atoms with Crippen LogP contribution in [0, 0.1) is 5.82 Å². The van der Waals surface area contributed by atoms with Gasteiger partial charge in [0.15, 0.2) is 11.8 Å². The summed E-state index contributed by atoms with van der Waals surface area (Å²) in [6.07, 6.45) is 2.11. The maximum atomic E-state index is 13.8. The molecule has 1 heterocycles. The number of guanidine groups is 1. The van der Waals surface area contributed by atoms with Crippen molar-refractivity contribution in [1.82, 2.24) is 20.8 Å². The van der Waals surface area contributed by atoms with Gasteiger partial charge in [-0.15, -0.1) is 0 Å². The molecule has 2 N–H and O–H groups in total. The van der Waals surface area contributed by atoms with Gasteiger partial charge in [0, 0.05) is 36.9 Å². The van der Waals surface area contributed by atoms with Gasteiger partial charge in [0.25, 0.3) is 0 Å². The minimum Gasteiger partial charge on any atom is -0.356 e. The minimum atomic E-state index is -0.179. The highest BCUT2D eigenvalue weighted by molar-refractivity contribution is 9.10. The molecule has 8 heteroatoms. The summed E-state index contributed by atoms with van der Waals surface area (Å²) in [5.74, 6) is 2.11. The Kier molecular flexibility index (Phi) is 8.03. The molecule has 0 radical (unpaired) electrons. The van der Waals surface area contributed by atoms with E-state index in [1.54, 1.807) is 7.05 Å². The summed E-state index contributed by atoms with van der Waals surface area (Å²) in [5.41, 5.74) is 0.718. The summed E-state index contributed by atoms with van der Waals surface area (Å²) in [6.45, 7) is 5.39. The molecule has 0 aliphatic carbocycles. The molecule has 0 saturated heterocycles. The van der Waals surface area contributed by atoms with Crippen molar-refractivity contribution in [2.45, 2.75) is 39.0 Å². The highest BCUT2D eigenvalue weighted by atomic mass is 79.9. The third-order valence-electron chi connectivity index (χ3n) is 3.79. The number of nitrogens with one attached hydrogen (secondary N) is 2. The van der Waals surface area contributed by atoms with E-state index in [-0.39, 0.29) is 11.7 Å². The number of halogens is 2. The lowest BCUT2D eigenvalue weighted by Crippen LogP contribution is -2.38. The van der Waals surface area contributed by atoms with E-state index in [4.69, 9.17) is 4.52 Å². The zero-order valence-corrected chi connectivity index (χ0v) is 16.9. The van der Waals surface area contributed by atoms with Gasteiger partial charge in [-0.3, -0.25) is 4.99 Å². The molecule has 0 amide bonds. The standard InChI is InChI=1S/C18H25BrFN5O/c1-12(2)17-24-16(26-25-17)8-10-23-18(21-3)22-9-4-5-13-6-7-14(19)11-15(13)20/h6-7,11-12H,4-5,8-10H2,1-3H3,(H2,21,22,23). The SMILES string of the molecule is CN=C(NCCCc1ccc(Br)cc1F)NCCc1nc(C(C)C)no1. The number of aliphatic imine (C=N–C) groups is 1. The lowest BCUT2D eigenvalue weighted by Gasteiger charge is -2.11. The van der Waals surface area contributed by atoms with E-state index in [9.17, 15) is 4.39 Å². The molecular formula is C18H25BrFN5O. The average molecular weight is 426 g/mol. The predicted molar refractivity (Wildman–Crippen MR) is 104 cm³/mol. The quantitative estimate of drug-likeness (QED) is 0.384. The molecule has 142 valence electrons. The predicted octanol–water partition coefficient (Wildman–Crippen LogP) is 3.43. The number of nitrogens with zero attached hydrogens (tertiary/aromatic N) is 3. The molecule has 26 heavy (non-hydrogen) atoms. The summed E-state index contributed by atoms with van der Waals surface area (Å²) in [7, 11) is 1.72. The van der Waals surface area contributed by atoms with Crippen LogP contribution in [0.15, 0.2) is 32.2 Å². The largest absolute Gasteiger partial charge is 0.356 e. The van der Waals surface area contributed by atoms with E-state index in [2.05, 4.69) is 41.7 Å². The Labute approximate surface area is 161 Å². The number of aromatic nitrogens is 2. The van der Waals surface area contributed by atoms with Crippen LogP contribution in [0.25, 0.3) is 0 Å². The van der Waals surface area contributed by atoms with Crippen LogP contribution in [-0.2, 0) is 12.8 Å². The van der Waals surface area contributed by atoms with Crippen molar-refractivity contribution in [2.75, 3.05) is 20.1 Å². The maximum Gasteiger partial charge on any atom is 0.228 e. The summed E-state index contributed by atoms with van der Waals surface area (Å²) >= 11 is 3.26. The smallest absolute Gasteiger partial charge is 0.228 e. The third-order valence-corrected chi connectivity index (χ3v) is 4.28. The molecule has 6 nitrogen and oxygen atoms in total. The Bertz CT molecular complexity index is 732. The van der Waals surface area contributed by atoms with Gasteiger partial charge in [-0.1, -0.05) is 41.0 Å². The molecule has 1 aromatic heterocycles. The molecular weight excluding hydrogens is 401 g/mol. The fourth-order valence-corrected chi connectivity index (χ4v) is 2.66. The fourth-order valence-electron chi connectivity index (χ4n) is 2.32. The van der Waals surface area contributed by atoms with Crippen LogP contribution >= 0.6 is 15.9 Å². The first-order valence-electron chi connectivity index (χ1n) is 8.70. The van der Waals surface area contributed by atoms with Crippen molar-refractivity contribution >= 4 is 21.9 Å². The van der Waals surface area contributed by atoms with Crippen LogP contribution in [0.1, 0.15) is 43.5 Å². The van der Waals surface area contributed by atoms with Crippen LogP contribution in [0.2, 0.25) is 0 Å². The Morgan fingerprint density at radius 1 is 1.27 bits per heavy atom. The van der Waals surface area contributed by atoms with Gasteiger partial charge >= 0.3 is 0 Å². The summed E-state index contributed by atoms with van der Waals surface area (Å²) in [6, 6.07) is 5.16. The van der Waals surface area contributed by atoms with Crippen LogP contribution in [0.5, 0.6) is 0 Å². The molecule has 2 rings (SSSR count). The molecule has 0 aliphatic rings. The fraction of sp³-hybridized carbons (Fsp3) is 0.500. The maximum absolute atomic E-state index is 13.8. The normalized spacial score (nSPS) is 11.8. The lowest BCUT2D eigenvalue weighted by molar-refractivity contribution is 0.371.